The molecule has 28 heavy (non-hydrogen) atoms. The van der Waals surface area contributed by atoms with Gasteiger partial charge in [-0.15, -0.1) is 11.8 Å². The Labute approximate surface area is 170 Å². The summed E-state index contributed by atoms with van der Waals surface area (Å²) in [5, 5.41) is 23.5. The molecule has 5 atom stereocenters. The van der Waals surface area contributed by atoms with Gasteiger partial charge in [-0.05, 0) is 51.7 Å². The number of rotatable bonds is 6. The number of aliphatic hydroxyl groups is 1. The number of carboxylic acid groups (broad SMARTS) is 1. The van der Waals surface area contributed by atoms with E-state index < -0.39 is 18.0 Å². The smallest absolute Gasteiger partial charge is 0.353 e. The third-order valence-electron chi connectivity index (χ3n) is 6.81. The molecule has 0 saturated carbocycles. The first-order valence-corrected chi connectivity index (χ1v) is 11.3. The number of aliphatic hydroxyl groups excluding tert-OH is 1. The Morgan fingerprint density at radius 1 is 1.32 bits per heavy atom. The highest BCUT2D eigenvalue weighted by molar-refractivity contribution is 8.03. The summed E-state index contributed by atoms with van der Waals surface area (Å²) >= 11 is 1.66. The van der Waals surface area contributed by atoms with Crippen molar-refractivity contribution in [1.29, 1.82) is 0 Å². The largest absolute Gasteiger partial charge is 0.477 e. The first-order valence-electron chi connectivity index (χ1n) is 10.5. The van der Waals surface area contributed by atoms with Gasteiger partial charge in [0.25, 0.3) is 0 Å². The van der Waals surface area contributed by atoms with E-state index in [9.17, 15) is 19.8 Å². The van der Waals surface area contributed by atoms with E-state index in [4.69, 9.17) is 0 Å². The predicted molar refractivity (Wildman–Crippen MR) is 108 cm³/mol. The summed E-state index contributed by atoms with van der Waals surface area (Å²) in [5.41, 5.74) is 0.154. The maximum absolute atomic E-state index is 12.4. The molecular formula is C20H31N3O4S. The fourth-order valence-corrected chi connectivity index (χ4v) is 6.87. The van der Waals surface area contributed by atoms with Crippen LogP contribution in [0, 0.1) is 17.8 Å². The van der Waals surface area contributed by atoms with Gasteiger partial charge in [0.1, 0.15) is 5.70 Å². The SMILES string of the molecule is C[C@@H](O)[C@H]1C(=O)N2C(C(=O)O)=C(SC3CCN(CC4CCNCC4)C3)[C@H](C)[C@H]12. The highest BCUT2D eigenvalue weighted by Gasteiger charge is 2.60. The number of piperidine rings is 1. The number of hydrogen-bond donors (Lipinski definition) is 3. The Hall–Kier alpha value is -1.09. The van der Waals surface area contributed by atoms with E-state index in [0.717, 1.165) is 50.0 Å². The highest BCUT2D eigenvalue weighted by Crippen LogP contribution is 2.51. The number of hydrogen-bond acceptors (Lipinski definition) is 6. The predicted octanol–water partition coefficient (Wildman–Crippen LogP) is 0.947. The van der Waals surface area contributed by atoms with Crippen LogP contribution in [0.3, 0.4) is 0 Å². The van der Waals surface area contributed by atoms with E-state index in [1.807, 2.05) is 6.92 Å². The molecule has 1 amide bonds. The van der Waals surface area contributed by atoms with Crippen molar-refractivity contribution in [1.82, 2.24) is 15.1 Å². The van der Waals surface area contributed by atoms with Crippen molar-refractivity contribution in [2.24, 2.45) is 17.8 Å². The Bertz CT molecular complexity index is 676. The molecule has 0 radical (unpaired) electrons. The maximum atomic E-state index is 12.4. The molecular weight excluding hydrogens is 378 g/mol. The molecule has 4 aliphatic heterocycles. The van der Waals surface area contributed by atoms with Gasteiger partial charge >= 0.3 is 5.97 Å². The Morgan fingerprint density at radius 3 is 2.68 bits per heavy atom. The van der Waals surface area contributed by atoms with Crippen LogP contribution in [0.15, 0.2) is 10.6 Å². The molecule has 0 spiro atoms. The standard InChI is InChI=1S/C20H31N3O4S/c1-11-16-15(12(2)24)19(25)23(16)17(20(26)27)18(11)28-14-5-8-22(10-14)9-13-3-6-21-7-4-13/h11-16,21,24H,3-10H2,1-2H3,(H,26,27)/t11-,12-,14?,15-,16-/m1/s1. The molecule has 0 aromatic rings. The molecule has 4 heterocycles. The van der Waals surface area contributed by atoms with Gasteiger partial charge in [0.2, 0.25) is 5.91 Å². The number of carbonyl (C=O) groups excluding carboxylic acids is 1. The summed E-state index contributed by atoms with van der Waals surface area (Å²) in [6, 6.07) is -0.214. The molecule has 3 fully saturated rings. The number of carboxylic acids is 1. The van der Waals surface area contributed by atoms with Crippen LogP contribution in [0.25, 0.3) is 0 Å². The third kappa shape index (κ3) is 3.49. The van der Waals surface area contributed by atoms with Gasteiger partial charge < -0.3 is 25.3 Å². The molecule has 3 N–H and O–H groups in total. The molecule has 0 bridgehead atoms. The van der Waals surface area contributed by atoms with E-state index >= 15 is 0 Å². The van der Waals surface area contributed by atoms with Crippen LogP contribution in [0.5, 0.6) is 0 Å². The molecule has 3 saturated heterocycles. The van der Waals surface area contributed by atoms with Gasteiger partial charge in [0.15, 0.2) is 0 Å². The molecule has 0 aliphatic carbocycles. The number of aliphatic carboxylic acids is 1. The molecule has 0 aromatic carbocycles. The lowest BCUT2D eigenvalue weighted by Crippen LogP contribution is -2.63. The van der Waals surface area contributed by atoms with Crippen molar-refractivity contribution in [2.45, 2.75) is 50.5 Å². The Kier molecular flexibility index (Phi) is 5.75. The molecule has 8 heteroatoms. The fourth-order valence-electron chi connectivity index (χ4n) is 5.35. The highest BCUT2D eigenvalue weighted by atomic mass is 32.2. The van der Waals surface area contributed by atoms with Crippen molar-refractivity contribution in [3.05, 3.63) is 10.6 Å². The first-order chi connectivity index (χ1) is 13.4. The minimum absolute atomic E-state index is 0.0353. The van der Waals surface area contributed by atoms with E-state index in [2.05, 4.69) is 10.2 Å². The fraction of sp³-hybridized carbons (Fsp3) is 0.800. The zero-order valence-corrected chi connectivity index (χ0v) is 17.5. The maximum Gasteiger partial charge on any atom is 0.353 e. The molecule has 7 nitrogen and oxygen atoms in total. The van der Waals surface area contributed by atoms with Crippen LogP contribution in [0.1, 0.15) is 33.1 Å². The van der Waals surface area contributed by atoms with E-state index in [1.165, 1.54) is 17.7 Å². The summed E-state index contributed by atoms with van der Waals surface area (Å²) in [6.07, 6.45) is 2.78. The van der Waals surface area contributed by atoms with Gasteiger partial charge in [-0.1, -0.05) is 6.92 Å². The third-order valence-corrected chi connectivity index (χ3v) is 8.35. The normalized spacial score (nSPS) is 35.2. The number of nitrogens with one attached hydrogen (secondary N) is 1. The number of fused-ring (bicyclic) bond motifs is 1. The lowest BCUT2D eigenvalue weighted by Gasteiger charge is -2.46. The lowest BCUT2D eigenvalue weighted by atomic mass is 9.79. The Balaban J connectivity index is 1.42. The summed E-state index contributed by atoms with van der Waals surface area (Å²) in [7, 11) is 0. The zero-order chi connectivity index (χ0) is 20.0. The summed E-state index contributed by atoms with van der Waals surface area (Å²) < 4.78 is 0. The monoisotopic (exact) mass is 409 g/mol. The van der Waals surface area contributed by atoms with Crippen molar-refractivity contribution >= 4 is 23.6 Å². The first kappa shape index (κ1) is 20.2. The van der Waals surface area contributed by atoms with E-state index in [-0.39, 0.29) is 23.6 Å². The van der Waals surface area contributed by atoms with Gasteiger partial charge in [-0.3, -0.25) is 4.79 Å². The second kappa shape index (κ2) is 7.97. The molecule has 0 aromatic heterocycles. The Morgan fingerprint density at radius 2 is 2.04 bits per heavy atom. The van der Waals surface area contributed by atoms with Crippen LogP contribution in [0.4, 0.5) is 0 Å². The van der Waals surface area contributed by atoms with Gasteiger partial charge in [-0.2, -0.15) is 0 Å². The van der Waals surface area contributed by atoms with Crippen LogP contribution in [0.2, 0.25) is 0 Å². The molecule has 156 valence electrons. The van der Waals surface area contributed by atoms with Crippen LogP contribution >= 0.6 is 11.8 Å². The number of nitrogens with zero attached hydrogens (tertiary/aromatic N) is 2. The minimum Gasteiger partial charge on any atom is -0.477 e. The number of thioether (sulfide) groups is 1. The number of amides is 1. The van der Waals surface area contributed by atoms with Crippen LogP contribution < -0.4 is 5.32 Å². The second-order valence-corrected chi connectivity index (χ2v) is 10.1. The van der Waals surface area contributed by atoms with E-state index in [0.29, 0.717) is 5.25 Å². The summed E-state index contributed by atoms with van der Waals surface area (Å²) in [5.74, 6) is -1.04. The zero-order valence-electron chi connectivity index (χ0n) is 16.6. The summed E-state index contributed by atoms with van der Waals surface area (Å²) in [4.78, 5) is 29.1. The number of carbonyl (C=O) groups is 2. The van der Waals surface area contributed by atoms with Crippen LogP contribution in [-0.4, -0.2) is 82.0 Å². The van der Waals surface area contributed by atoms with Crippen LogP contribution in [-0.2, 0) is 9.59 Å². The number of β-lactam (4-membered cyclic amide) rings is 1. The van der Waals surface area contributed by atoms with Gasteiger partial charge in [0, 0.05) is 29.2 Å². The second-order valence-electron chi connectivity index (χ2n) is 8.75. The van der Waals surface area contributed by atoms with Crippen molar-refractivity contribution in [3.8, 4) is 0 Å². The lowest BCUT2D eigenvalue weighted by molar-refractivity contribution is -0.163. The van der Waals surface area contributed by atoms with E-state index in [1.54, 1.807) is 18.7 Å². The summed E-state index contributed by atoms with van der Waals surface area (Å²) in [6.45, 7) is 9.02. The van der Waals surface area contributed by atoms with Gasteiger partial charge in [0.05, 0.1) is 18.1 Å². The molecule has 4 aliphatic rings. The average molecular weight is 410 g/mol. The van der Waals surface area contributed by atoms with Gasteiger partial charge in [-0.25, -0.2) is 4.79 Å². The van der Waals surface area contributed by atoms with Crippen molar-refractivity contribution in [2.75, 3.05) is 32.7 Å². The van der Waals surface area contributed by atoms with Crippen molar-refractivity contribution in [3.63, 3.8) is 0 Å². The molecule has 4 rings (SSSR count). The number of likely N-dealkylation sites (tertiary alicyclic amines) is 1. The quantitative estimate of drug-likeness (QED) is 0.563. The topological polar surface area (TPSA) is 93.1 Å². The van der Waals surface area contributed by atoms with Crippen molar-refractivity contribution < 1.29 is 19.8 Å². The average Bonchev–Trinajstić information content (AvgIpc) is 3.17. The minimum atomic E-state index is -1.03. The molecule has 1 unspecified atom stereocenters.